The normalized spacial score (nSPS) is 11.4. The van der Waals surface area contributed by atoms with Crippen LogP contribution in [0.2, 0.25) is 0 Å². The van der Waals surface area contributed by atoms with Gasteiger partial charge in [0.2, 0.25) is 0 Å². The number of benzene rings is 1. The molecule has 0 radical (unpaired) electrons. The predicted molar refractivity (Wildman–Crippen MR) is 91.0 cm³/mol. The highest BCUT2D eigenvalue weighted by Crippen LogP contribution is 2.16. The molecule has 0 aliphatic heterocycles. The van der Waals surface area contributed by atoms with E-state index in [1.807, 2.05) is 44.2 Å². The van der Waals surface area contributed by atoms with E-state index in [2.05, 4.69) is 10.4 Å². The van der Waals surface area contributed by atoms with Crippen LogP contribution in [-0.4, -0.2) is 45.0 Å². The van der Waals surface area contributed by atoms with Gasteiger partial charge in [0.25, 0.3) is 0 Å². The monoisotopic (exact) mass is 316 g/mol. The van der Waals surface area contributed by atoms with Gasteiger partial charge >= 0.3 is 6.03 Å². The third kappa shape index (κ3) is 4.56. The number of amides is 2. The van der Waals surface area contributed by atoms with Crippen LogP contribution < -0.4 is 5.32 Å². The molecule has 2 rings (SSSR count). The summed E-state index contributed by atoms with van der Waals surface area (Å²) < 4.78 is 1.78. The molecule has 0 spiro atoms. The number of anilines is 1. The number of aliphatic hydroxyl groups is 1. The van der Waals surface area contributed by atoms with Crippen molar-refractivity contribution in [2.75, 3.05) is 18.9 Å². The molecule has 0 fully saturated rings. The van der Waals surface area contributed by atoms with Gasteiger partial charge in [-0.15, -0.1) is 5.10 Å². The van der Waals surface area contributed by atoms with E-state index in [4.69, 9.17) is 0 Å². The Labute approximate surface area is 136 Å². The zero-order chi connectivity index (χ0) is 17.2. The molecular formula is C17H24N4O2. The van der Waals surface area contributed by atoms with Crippen LogP contribution in [0.4, 0.5) is 10.6 Å². The molecular weight excluding hydrogens is 292 g/mol. The van der Waals surface area contributed by atoms with Crippen LogP contribution in [0.5, 0.6) is 0 Å². The summed E-state index contributed by atoms with van der Waals surface area (Å²) in [6.45, 7) is 7.52. The smallest absolute Gasteiger partial charge is 0.322 e. The van der Waals surface area contributed by atoms with Crippen LogP contribution in [0.25, 0.3) is 5.69 Å². The van der Waals surface area contributed by atoms with Crippen LogP contribution >= 0.6 is 0 Å². The fourth-order valence-corrected chi connectivity index (χ4v) is 2.34. The number of aromatic nitrogens is 2. The van der Waals surface area contributed by atoms with Crippen molar-refractivity contribution in [1.29, 1.82) is 0 Å². The Bertz CT molecular complexity index is 684. The highest BCUT2D eigenvalue weighted by Gasteiger charge is 2.20. The average molecular weight is 316 g/mol. The number of hydrogen-bond acceptors (Lipinski definition) is 3. The van der Waals surface area contributed by atoms with Crippen molar-refractivity contribution in [2.45, 2.75) is 33.3 Å². The minimum absolute atomic E-state index is 0.233. The van der Waals surface area contributed by atoms with E-state index in [1.165, 1.54) is 10.5 Å². The first-order valence-electron chi connectivity index (χ1n) is 7.54. The molecule has 0 atom stereocenters. The molecule has 1 heterocycles. The molecule has 23 heavy (non-hydrogen) atoms. The minimum atomic E-state index is -0.941. The quantitative estimate of drug-likeness (QED) is 0.911. The Balaban J connectivity index is 2.12. The second kappa shape index (κ2) is 6.42. The van der Waals surface area contributed by atoms with Gasteiger partial charge in [0.1, 0.15) is 0 Å². The molecule has 0 aliphatic carbocycles. The van der Waals surface area contributed by atoms with E-state index in [9.17, 15) is 9.90 Å². The molecule has 2 amide bonds. The third-order valence-electron chi connectivity index (χ3n) is 3.37. The number of hydrogen-bond donors (Lipinski definition) is 2. The Morgan fingerprint density at radius 2 is 1.91 bits per heavy atom. The largest absolute Gasteiger partial charge is 0.389 e. The lowest BCUT2D eigenvalue weighted by atomic mass is 10.1. The first-order valence-corrected chi connectivity index (χ1v) is 7.54. The SMILES string of the molecule is Cc1ccc(-n2nc(NC(=O)N(C)CC(C)(C)O)cc2C)cc1. The maximum absolute atomic E-state index is 12.1. The number of carbonyl (C=O) groups excluding carboxylic acids is 1. The number of likely N-dealkylation sites (N-methyl/N-ethyl adjacent to an activating group) is 1. The van der Waals surface area contributed by atoms with Gasteiger partial charge in [0, 0.05) is 18.8 Å². The van der Waals surface area contributed by atoms with E-state index in [0.29, 0.717) is 5.82 Å². The minimum Gasteiger partial charge on any atom is -0.389 e. The highest BCUT2D eigenvalue weighted by atomic mass is 16.3. The standard InChI is InChI=1S/C17H24N4O2/c1-12-6-8-14(9-7-12)21-13(2)10-15(19-21)18-16(22)20(5)11-17(3,4)23/h6-10,23H,11H2,1-5H3,(H,18,19,22). The average Bonchev–Trinajstić information content (AvgIpc) is 2.78. The number of carbonyl (C=O) groups is 1. The fraction of sp³-hybridized carbons (Fsp3) is 0.412. The summed E-state index contributed by atoms with van der Waals surface area (Å²) in [4.78, 5) is 13.6. The van der Waals surface area contributed by atoms with Crippen molar-refractivity contribution in [3.05, 3.63) is 41.6 Å². The molecule has 0 saturated carbocycles. The number of urea groups is 1. The molecule has 6 heteroatoms. The van der Waals surface area contributed by atoms with E-state index >= 15 is 0 Å². The Morgan fingerprint density at radius 3 is 2.48 bits per heavy atom. The Morgan fingerprint density at radius 1 is 1.30 bits per heavy atom. The predicted octanol–water partition coefficient (Wildman–Crippen LogP) is 2.72. The Kier molecular flexibility index (Phi) is 4.75. The molecule has 0 saturated heterocycles. The molecule has 0 bridgehead atoms. The summed E-state index contributed by atoms with van der Waals surface area (Å²) in [6, 6.07) is 9.52. The molecule has 1 aromatic carbocycles. The molecule has 2 N–H and O–H groups in total. The highest BCUT2D eigenvalue weighted by molar-refractivity contribution is 5.88. The third-order valence-corrected chi connectivity index (χ3v) is 3.37. The summed E-state index contributed by atoms with van der Waals surface area (Å²) in [5.41, 5.74) is 2.11. The maximum atomic E-state index is 12.1. The lowest BCUT2D eigenvalue weighted by molar-refractivity contribution is 0.0550. The van der Waals surface area contributed by atoms with Gasteiger partial charge in [-0.05, 0) is 39.8 Å². The van der Waals surface area contributed by atoms with Gasteiger partial charge in [0.15, 0.2) is 5.82 Å². The van der Waals surface area contributed by atoms with Crippen LogP contribution in [0, 0.1) is 13.8 Å². The second-order valence-electron chi connectivity index (χ2n) is 6.52. The van der Waals surface area contributed by atoms with Crippen molar-refractivity contribution in [3.8, 4) is 5.69 Å². The summed E-state index contributed by atoms with van der Waals surface area (Å²) in [5.74, 6) is 0.482. The van der Waals surface area contributed by atoms with E-state index < -0.39 is 5.60 Å². The van der Waals surface area contributed by atoms with Gasteiger partial charge in [-0.2, -0.15) is 0 Å². The van der Waals surface area contributed by atoms with E-state index in [0.717, 1.165) is 11.4 Å². The number of aryl methyl sites for hydroxylation is 2. The van der Waals surface area contributed by atoms with Crippen LogP contribution in [0.3, 0.4) is 0 Å². The first-order chi connectivity index (χ1) is 10.7. The maximum Gasteiger partial charge on any atom is 0.322 e. The fourth-order valence-electron chi connectivity index (χ4n) is 2.34. The van der Waals surface area contributed by atoms with E-state index in [1.54, 1.807) is 25.6 Å². The number of nitrogens with zero attached hydrogens (tertiary/aromatic N) is 3. The molecule has 0 aliphatic rings. The molecule has 0 unspecified atom stereocenters. The molecule has 124 valence electrons. The lowest BCUT2D eigenvalue weighted by Crippen LogP contribution is -2.41. The van der Waals surface area contributed by atoms with Crippen LogP contribution in [0.1, 0.15) is 25.1 Å². The summed E-state index contributed by atoms with van der Waals surface area (Å²) >= 11 is 0. The first kappa shape index (κ1) is 17.0. The van der Waals surface area contributed by atoms with Gasteiger partial charge < -0.3 is 10.0 Å². The van der Waals surface area contributed by atoms with Crippen molar-refractivity contribution < 1.29 is 9.90 Å². The van der Waals surface area contributed by atoms with Gasteiger partial charge in [-0.1, -0.05) is 17.7 Å². The van der Waals surface area contributed by atoms with Crippen LogP contribution in [-0.2, 0) is 0 Å². The number of rotatable bonds is 4. The molecule has 1 aromatic heterocycles. The van der Waals surface area contributed by atoms with E-state index in [-0.39, 0.29) is 12.6 Å². The molecule has 2 aromatic rings. The van der Waals surface area contributed by atoms with Gasteiger partial charge in [-0.25, -0.2) is 9.48 Å². The summed E-state index contributed by atoms with van der Waals surface area (Å²) in [5, 5.41) is 17.0. The molecule has 6 nitrogen and oxygen atoms in total. The zero-order valence-electron chi connectivity index (χ0n) is 14.3. The van der Waals surface area contributed by atoms with Crippen molar-refractivity contribution in [1.82, 2.24) is 14.7 Å². The summed E-state index contributed by atoms with van der Waals surface area (Å²) in [7, 11) is 1.64. The zero-order valence-corrected chi connectivity index (χ0v) is 14.3. The van der Waals surface area contributed by atoms with Crippen molar-refractivity contribution in [2.24, 2.45) is 0 Å². The van der Waals surface area contributed by atoms with Crippen LogP contribution in [0.15, 0.2) is 30.3 Å². The van der Waals surface area contributed by atoms with Gasteiger partial charge in [0.05, 0.1) is 17.8 Å². The summed E-state index contributed by atoms with van der Waals surface area (Å²) in [6.07, 6.45) is 0. The topological polar surface area (TPSA) is 70.4 Å². The van der Waals surface area contributed by atoms with Crippen molar-refractivity contribution >= 4 is 11.8 Å². The van der Waals surface area contributed by atoms with Gasteiger partial charge in [-0.3, -0.25) is 5.32 Å². The lowest BCUT2D eigenvalue weighted by Gasteiger charge is -2.25. The Hall–Kier alpha value is -2.34. The number of nitrogens with one attached hydrogen (secondary N) is 1. The second-order valence-corrected chi connectivity index (χ2v) is 6.52. The van der Waals surface area contributed by atoms with Crippen molar-refractivity contribution in [3.63, 3.8) is 0 Å².